The van der Waals surface area contributed by atoms with Crippen molar-refractivity contribution in [1.82, 2.24) is 128 Å². The first-order valence-electron chi connectivity index (χ1n) is 30.2. The Morgan fingerprint density at radius 1 is 0.211 bits per heavy atom. The Balaban J connectivity index is 0.000000613. The molecule has 0 spiro atoms. The molecular formula is C55H83N27O9S18. The number of hydrogen-bond acceptors (Lipinski definition) is 45. The lowest BCUT2D eigenvalue weighted by Gasteiger charge is -2.11. The van der Waals surface area contributed by atoms with E-state index in [-0.39, 0.29) is 47.2 Å². The highest BCUT2D eigenvalue weighted by molar-refractivity contribution is 8.15. The Morgan fingerprint density at radius 2 is 0.312 bits per heavy atom. The minimum atomic E-state index is -0.0483. The standard InChI is InChI=1S/C7H11N3OS2.8C6H9N3OS2/c1-4-10(3)7(11)12-6-8-5(2)13-9-6;8*1-4-7-5(8-12-4)11-6(10)9(2)3/h4H2,1-3H3;8*1-3H3. The molecule has 9 aromatic rings. The van der Waals surface area contributed by atoms with Gasteiger partial charge in [0.25, 0.3) is 47.2 Å². The van der Waals surface area contributed by atoms with Gasteiger partial charge in [-0.2, -0.15) is 39.4 Å². The van der Waals surface area contributed by atoms with Gasteiger partial charge in [-0.05, 0) is 173 Å². The number of thioether (sulfide) groups is 9. The summed E-state index contributed by atoms with van der Waals surface area (Å²) in [7, 11) is 29.0. The van der Waals surface area contributed by atoms with E-state index in [0.29, 0.717) is 53.0 Å². The van der Waals surface area contributed by atoms with Crippen LogP contribution in [0.2, 0.25) is 0 Å². The maximum absolute atomic E-state index is 11.4. The van der Waals surface area contributed by atoms with Crippen molar-refractivity contribution in [1.29, 1.82) is 0 Å². The van der Waals surface area contributed by atoms with Crippen LogP contribution in [0.3, 0.4) is 0 Å². The third kappa shape index (κ3) is 46.3. The summed E-state index contributed by atoms with van der Waals surface area (Å²) in [4.78, 5) is 151. The van der Waals surface area contributed by atoms with E-state index in [4.69, 9.17) is 0 Å². The van der Waals surface area contributed by atoms with Crippen molar-refractivity contribution in [2.75, 3.05) is 126 Å². The van der Waals surface area contributed by atoms with Gasteiger partial charge in [0.15, 0.2) is 0 Å². The Bertz CT molecular complexity index is 3540. The number of carbonyl (C=O) groups excluding carboxylic acids is 9. The molecule has 0 saturated carbocycles. The summed E-state index contributed by atoms with van der Waals surface area (Å²) in [6.07, 6.45) is 0. The largest absolute Gasteiger partial charge is 0.339 e. The lowest BCUT2D eigenvalue weighted by molar-refractivity contribution is 0.235. The van der Waals surface area contributed by atoms with Gasteiger partial charge in [-0.15, -0.1) is 0 Å². The van der Waals surface area contributed by atoms with Gasteiger partial charge in [0, 0.05) is 232 Å². The van der Waals surface area contributed by atoms with E-state index in [1.807, 2.05) is 69.2 Å². The van der Waals surface area contributed by atoms with Gasteiger partial charge in [0.2, 0.25) is 46.4 Å². The first-order valence-corrected chi connectivity index (χ1v) is 44.5. The number of carbonyl (C=O) groups is 9. The van der Waals surface area contributed by atoms with Gasteiger partial charge in [-0.1, -0.05) is 0 Å². The molecule has 0 atom stereocenters. The third-order valence-corrected chi connectivity index (χ3v) is 24.6. The second kappa shape index (κ2) is 54.2. The quantitative estimate of drug-likeness (QED) is 0.115. The molecule has 0 aromatic carbocycles. The summed E-state index contributed by atoms with van der Waals surface area (Å²) in [5, 5.41) is 12.4. The van der Waals surface area contributed by atoms with Crippen LogP contribution in [0.1, 0.15) is 52.0 Å². The zero-order valence-corrected chi connectivity index (χ0v) is 79.0. The Hall–Kier alpha value is -5.58. The molecule has 0 unspecified atom stereocenters. The van der Waals surface area contributed by atoms with E-state index in [2.05, 4.69) is 84.2 Å². The zero-order chi connectivity index (χ0) is 82.9. The molecule has 9 heterocycles. The second-order valence-corrected chi connectivity index (χ2v) is 38.2. The number of rotatable bonds is 10. The van der Waals surface area contributed by atoms with Crippen molar-refractivity contribution in [2.45, 2.75) is 116 Å². The molecule has 0 aliphatic carbocycles. The van der Waals surface area contributed by atoms with E-state index in [1.54, 1.807) is 125 Å². The van der Waals surface area contributed by atoms with Crippen LogP contribution in [-0.4, -0.2) is 302 Å². The van der Waals surface area contributed by atoms with Gasteiger partial charge in [0.1, 0.15) is 45.1 Å². The maximum Gasteiger partial charge on any atom is 0.289 e. The van der Waals surface area contributed by atoms with Crippen molar-refractivity contribution in [3.05, 3.63) is 45.1 Å². The van der Waals surface area contributed by atoms with E-state index in [9.17, 15) is 43.2 Å². The number of hydrogen-bond donors (Lipinski definition) is 0. The van der Waals surface area contributed by atoms with Gasteiger partial charge < -0.3 is 44.1 Å². The molecule has 600 valence electrons. The smallest absolute Gasteiger partial charge is 0.289 e. The van der Waals surface area contributed by atoms with Gasteiger partial charge >= 0.3 is 0 Å². The van der Waals surface area contributed by atoms with Crippen molar-refractivity contribution >= 4 is 257 Å². The molecule has 0 radical (unpaired) electrons. The fraction of sp³-hybridized carbons (Fsp3) is 0.509. The lowest BCUT2D eigenvalue weighted by atomic mass is 10.7. The summed E-state index contributed by atoms with van der Waals surface area (Å²) in [5.41, 5.74) is 0. The summed E-state index contributed by atoms with van der Waals surface area (Å²) < 4.78 is 35.9. The van der Waals surface area contributed by atoms with E-state index >= 15 is 0 Å². The SMILES string of the molecule is CCN(C)C(=O)Sc1nsc(C)n1.Cc1nc(SC(=O)N(C)C)ns1.Cc1nc(SC(=O)N(C)C)ns1.Cc1nc(SC(=O)N(C)C)ns1.Cc1nc(SC(=O)N(C)C)ns1.Cc1nc(SC(=O)N(C)C)ns1.Cc1nc(SC(=O)N(C)C)ns1.Cc1nc(SC(=O)N(C)C)ns1.Cc1nc(SC(=O)N(C)C)ns1. The van der Waals surface area contributed by atoms with E-state index < -0.39 is 0 Å². The average Bonchev–Trinajstić information content (AvgIpc) is 1.87. The molecule has 0 bridgehead atoms. The molecule has 109 heavy (non-hydrogen) atoms. The number of aryl methyl sites for hydroxylation is 9. The second-order valence-electron chi connectivity index (χ2n) is 21.3. The minimum absolute atomic E-state index is 0.0136. The van der Waals surface area contributed by atoms with Crippen LogP contribution in [0.5, 0.6) is 0 Å². The fourth-order valence-corrected chi connectivity index (χ4v) is 15.6. The van der Waals surface area contributed by atoms with Gasteiger partial charge in [-0.3, -0.25) is 43.2 Å². The summed E-state index contributed by atoms with van der Waals surface area (Å²) in [6, 6.07) is 0. The Labute approximate surface area is 708 Å². The van der Waals surface area contributed by atoms with Crippen LogP contribution in [0.15, 0.2) is 46.4 Å². The van der Waals surface area contributed by atoms with Gasteiger partial charge in [0.05, 0.1) is 0 Å². The average molecular weight is 1840 g/mol. The molecule has 0 N–H and O–H groups in total. The maximum atomic E-state index is 11.4. The predicted octanol–water partition coefficient (Wildman–Crippen LogP) is 15.0. The molecule has 0 aliphatic rings. The minimum Gasteiger partial charge on any atom is -0.339 e. The van der Waals surface area contributed by atoms with Crippen LogP contribution >= 0.6 is 210 Å². The Kier molecular flexibility index (Phi) is 50.4. The molecule has 9 amide bonds. The molecule has 0 aliphatic heterocycles. The lowest BCUT2D eigenvalue weighted by Crippen LogP contribution is -2.21. The topological polar surface area (TPSA) is 415 Å². The van der Waals surface area contributed by atoms with Crippen LogP contribution in [0, 0.1) is 62.3 Å². The van der Waals surface area contributed by atoms with Crippen LogP contribution < -0.4 is 0 Å². The number of nitrogens with zero attached hydrogens (tertiary/aromatic N) is 27. The third-order valence-electron chi connectivity index (χ3n) is 9.90. The fourth-order valence-electron chi connectivity index (χ4n) is 4.54. The Morgan fingerprint density at radius 3 is 0.385 bits per heavy atom. The monoisotopic (exact) mass is 1840 g/mol. The van der Waals surface area contributed by atoms with E-state index in [0.717, 1.165) is 151 Å². The van der Waals surface area contributed by atoms with Crippen molar-refractivity contribution in [3.8, 4) is 0 Å². The first-order chi connectivity index (χ1) is 50.9. The molecule has 0 fully saturated rings. The molecule has 54 heteroatoms. The van der Waals surface area contributed by atoms with Crippen LogP contribution in [-0.2, 0) is 0 Å². The van der Waals surface area contributed by atoms with Crippen molar-refractivity contribution in [2.24, 2.45) is 0 Å². The molecule has 36 nitrogen and oxygen atoms in total. The molecular weight excluding hydrogens is 1760 g/mol. The molecule has 0 saturated heterocycles. The number of aromatic nitrogens is 18. The van der Waals surface area contributed by atoms with Crippen molar-refractivity contribution < 1.29 is 43.2 Å². The highest BCUT2D eigenvalue weighted by Crippen LogP contribution is 2.25. The summed E-state index contributed by atoms with van der Waals surface area (Å²) >= 11 is 21.2. The normalized spacial score (nSPS) is 9.94. The number of amides is 9. The highest BCUT2D eigenvalue weighted by atomic mass is 32.2. The summed E-state index contributed by atoms with van der Waals surface area (Å²) in [6.45, 7) is 19.4. The summed E-state index contributed by atoms with van der Waals surface area (Å²) in [5.74, 6) is 0. The molecule has 9 rings (SSSR count). The van der Waals surface area contributed by atoms with Gasteiger partial charge in [-0.25, -0.2) is 44.9 Å². The predicted molar refractivity (Wildman–Crippen MR) is 451 cm³/mol. The van der Waals surface area contributed by atoms with Crippen LogP contribution in [0.25, 0.3) is 0 Å². The molecule has 9 aromatic heterocycles. The first kappa shape index (κ1) is 101. The zero-order valence-electron chi connectivity index (χ0n) is 64.3. The highest BCUT2D eigenvalue weighted by Gasteiger charge is 2.18. The van der Waals surface area contributed by atoms with Crippen LogP contribution in [0.4, 0.5) is 43.2 Å². The van der Waals surface area contributed by atoms with Crippen molar-refractivity contribution in [3.63, 3.8) is 0 Å². The van der Waals surface area contributed by atoms with E-state index in [1.165, 1.54) is 143 Å².